The molecule has 1 N–H and O–H groups in total. The average molecular weight is 260 g/mol. The maximum absolute atomic E-state index is 11.4. The number of hydrogen-bond donors (Lipinski definition) is 1. The SMILES string of the molecule is CCOC(=O)c1ccn(C2CCNCC2)n1.Cl. The minimum atomic E-state index is -0.338. The van der Waals surface area contributed by atoms with Crippen LogP contribution in [0.25, 0.3) is 0 Å². The minimum Gasteiger partial charge on any atom is -0.461 e. The number of esters is 1. The van der Waals surface area contributed by atoms with Gasteiger partial charge in [0.15, 0.2) is 5.69 Å². The van der Waals surface area contributed by atoms with Crippen molar-refractivity contribution in [3.8, 4) is 0 Å². The number of ether oxygens (including phenoxy) is 1. The molecule has 0 spiro atoms. The van der Waals surface area contributed by atoms with Gasteiger partial charge < -0.3 is 10.1 Å². The van der Waals surface area contributed by atoms with Crippen molar-refractivity contribution in [1.82, 2.24) is 15.1 Å². The lowest BCUT2D eigenvalue weighted by Gasteiger charge is -2.22. The Kier molecular flexibility index (Phi) is 5.44. The van der Waals surface area contributed by atoms with E-state index in [0.717, 1.165) is 25.9 Å². The number of nitrogens with one attached hydrogen (secondary N) is 1. The average Bonchev–Trinajstić information content (AvgIpc) is 2.80. The highest BCUT2D eigenvalue weighted by atomic mass is 35.5. The van der Waals surface area contributed by atoms with Gasteiger partial charge in [-0.25, -0.2) is 4.79 Å². The summed E-state index contributed by atoms with van der Waals surface area (Å²) in [5.74, 6) is -0.338. The summed E-state index contributed by atoms with van der Waals surface area (Å²) < 4.78 is 6.78. The van der Waals surface area contributed by atoms with Gasteiger partial charge in [-0.3, -0.25) is 4.68 Å². The van der Waals surface area contributed by atoms with Crippen molar-refractivity contribution in [3.05, 3.63) is 18.0 Å². The van der Waals surface area contributed by atoms with Crippen molar-refractivity contribution in [2.24, 2.45) is 0 Å². The third-order valence-electron chi connectivity index (χ3n) is 2.78. The second-order valence-electron chi connectivity index (χ2n) is 3.88. The molecule has 2 heterocycles. The van der Waals surface area contributed by atoms with Crippen molar-refractivity contribution in [2.45, 2.75) is 25.8 Å². The molecular weight excluding hydrogens is 242 g/mol. The molecule has 1 aliphatic rings. The zero-order chi connectivity index (χ0) is 11.4. The molecule has 96 valence electrons. The summed E-state index contributed by atoms with van der Waals surface area (Å²) in [4.78, 5) is 11.4. The third-order valence-corrected chi connectivity index (χ3v) is 2.78. The molecule has 6 heteroatoms. The van der Waals surface area contributed by atoms with Crippen molar-refractivity contribution in [3.63, 3.8) is 0 Å². The number of halogens is 1. The highest BCUT2D eigenvalue weighted by Gasteiger charge is 2.17. The number of rotatable bonds is 3. The van der Waals surface area contributed by atoms with Crippen molar-refractivity contribution < 1.29 is 9.53 Å². The van der Waals surface area contributed by atoms with Crippen molar-refractivity contribution in [1.29, 1.82) is 0 Å². The van der Waals surface area contributed by atoms with Crippen LogP contribution in [0.4, 0.5) is 0 Å². The van der Waals surface area contributed by atoms with Crippen LogP contribution in [0, 0.1) is 0 Å². The van der Waals surface area contributed by atoms with Crippen LogP contribution < -0.4 is 5.32 Å². The van der Waals surface area contributed by atoms with E-state index in [1.807, 2.05) is 10.9 Å². The second-order valence-corrected chi connectivity index (χ2v) is 3.88. The van der Waals surface area contributed by atoms with Gasteiger partial charge in [-0.15, -0.1) is 12.4 Å². The van der Waals surface area contributed by atoms with Crippen LogP contribution in [-0.2, 0) is 4.74 Å². The van der Waals surface area contributed by atoms with Crippen molar-refractivity contribution >= 4 is 18.4 Å². The summed E-state index contributed by atoms with van der Waals surface area (Å²) in [6.45, 7) is 4.21. The number of carbonyl (C=O) groups excluding carboxylic acids is 1. The number of nitrogens with zero attached hydrogens (tertiary/aromatic N) is 2. The molecule has 0 saturated carbocycles. The Labute approximate surface area is 107 Å². The van der Waals surface area contributed by atoms with E-state index in [2.05, 4.69) is 10.4 Å². The van der Waals surface area contributed by atoms with E-state index in [0.29, 0.717) is 18.3 Å². The topological polar surface area (TPSA) is 56.1 Å². The van der Waals surface area contributed by atoms with Crippen LogP contribution >= 0.6 is 12.4 Å². The van der Waals surface area contributed by atoms with Gasteiger partial charge in [0.1, 0.15) is 0 Å². The summed E-state index contributed by atoms with van der Waals surface area (Å²) in [5, 5.41) is 7.57. The summed E-state index contributed by atoms with van der Waals surface area (Å²) in [5.41, 5.74) is 0.403. The van der Waals surface area contributed by atoms with E-state index in [1.165, 1.54) is 0 Å². The quantitative estimate of drug-likeness (QED) is 0.834. The van der Waals surface area contributed by atoms with Crippen LogP contribution in [0.15, 0.2) is 12.3 Å². The van der Waals surface area contributed by atoms with Gasteiger partial charge in [0.05, 0.1) is 12.6 Å². The molecule has 1 aliphatic heterocycles. The minimum absolute atomic E-state index is 0. The van der Waals surface area contributed by atoms with Gasteiger partial charge in [-0.05, 0) is 38.9 Å². The summed E-state index contributed by atoms with van der Waals surface area (Å²) in [7, 11) is 0. The van der Waals surface area contributed by atoms with E-state index in [1.54, 1.807) is 13.0 Å². The fourth-order valence-electron chi connectivity index (χ4n) is 1.93. The fourth-order valence-corrected chi connectivity index (χ4v) is 1.93. The largest absolute Gasteiger partial charge is 0.461 e. The highest BCUT2D eigenvalue weighted by Crippen LogP contribution is 2.17. The fraction of sp³-hybridized carbons (Fsp3) is 0.636. The molecule has 0 aliphatic carbocycles. The molecule has 0 amide bonds. The Hall–Kier alpha value is -1.07. The lowest BCUT2D eigenvalue weighted by atomic mass is 10.1. The first kappa shape index (κ1) is 14.0. The highest BCUT2D eigenvalue weighted by molar-refractivity contribution is 5.87. The first-order chi connectivity index (χ1) is 7.81. The smallest absolute Gasteiger partial charge is 0.358 e. The van der Waals surface area contributed by atoms with Gasteiger partial charge >= 0.3 is 5.97 Å². The maximum atomic E-state index is 11.4. The zero-order valence-corrected chi connectivity index (χ0v) is 10.7. The van der Waals surface area contributed by atoms with Gasteiger partial charge in [0.25, 0.3) is 0 Å². The first-order valence-corrected chi connectivity index (χ1v) is 5.74. The molecule has 17 heavy (non-hydrogen) atoms. The first-order valence-electron chi connectivity index (χ1n) is 5.74. The van der Waals surface area contributed by atoms with Crippen molar-refractivity contribution in [2.75, 3.05) is 19.7 Å². The zero-order valence-electron chi connectivity index (χ0n) is 9.89. The Bertz CT molecular complexity index is 361. The van der Waals surface area contributed by atoms with E-state index in [4.69, 9.17) is 4.74 Å². The van der Waals surface area contributed by atoms with E-state index in [-0.39, 0.29) is 18.4 Å². The molecule has 1 saturated heterocycles. The molecule has 5 nitrogen and oxygen atoms in total. The monoisotopic (exact) mass is 259 g/mol. The number of carbonyl (C=O) groups is 1. The second kappa shape index (κ2) is 6.61. The van der Waals surface area contributed by atoms with Crippen LogP contribution in [0.5, 0.6) is 0 Å². The molecule has 0 radical (unpaired) electrons. The molecule has 1 aromatic rings. The number of hydrogen-bond acceptors (Lipinski definition) is 4. The van der Waals surface area contributed by atoms with Crippen LogP contribution in [-0.4, -0.2) is 35.4 Å². The summed E-state index contributed by atoms with van der Waals surface area (Å²) in [6.07, 6.45) is 3.98. The predicted octanol–water partition coefficient (Wildman–Crippen LogP) is 1.41. The van der Waals surface area contributed by atoms with Gasteiger partial charge in [0, 0.05) is 6.20 Å². The normalized spacial score (nSPS) is 16.3. The molecule has 2 rings (SSSR count). The lowest BCUT2D eigenvalue weighted by Crippen LogP contribution is -2.29. The van der Waals surface area contributed by atoms with Gasteiger partial charge in [-0.2, -0.15) is 5.10 Å². The number of piperidine rings is 1. The Balaban J connectivity index is 0.00000144. The molecule has 1 fully saturated rings. The maximum Gasteiger partial charge on any atom is 0.358 e. The Morgan fingerprint density at radius 3 is 2.94 bits per heavy atom. The molecule has 1 aromatic heterocycles. The van der Waals surface area contributed by atoms with E-state index < -0.39 is 0 Å². The molecular formula is C11H18ClN3O2. The van der Waals surface area contributed by atoms with Crippen LogP contribution in [0.1, 0.15) is 36.3 Å². The standard InChI is InChI=1S/C11H17N3O2.ClH/c1-2-16-11(15)10-5-8-14(13-10)9-3-6-12-7-4-9;/h5,8-9,12H,2-4,6-7H2,1H3;1H. The molecule has 0 atom stereocenters. The summed E-state index contributed by atoms with van der Waals surface area (Å²) >= 11 is 0. The van der Waals surface area contributed by atoms with Gasteiger partial charge in [-0.1, -0.05) is 0 Å². The molecule has 0 bridgehead atoms. The Morgan fingerprint density at radius 1 is 1.59 bits per heavy atom. The van der Waals surface area contributed by atoms with Crippen LogP contribution in [0.2, 0.25) is 0 Å². The lowest BCUT2D eigenvalue weighted by molar-refractivity contribution is 0.0518. The van der Waals surface area contributed by atoms with Crippen LogP contribution in [0.3, 0.4) is 0 Å². The van der Waals surface area contributed by atoms with Gasteiger partial charge in [0.2, 0.25) is 0 Å². The Morgan fingerprint density at radius 2 is 2.29 bits per heavy atom. The number of aromatic nitrogens is 2. The summed E-state index contributed by atoms with van der Waals surface area (Å²) in [6, 6.07) is 2.13. The predicted molar refractivity (Wildman–Crippen MR) is 66.6 cm³/mol. The van der Waals surface area contributed by atoms with E-state index >= 15 is 0 Å². The third kappa shape index (κ3) is 3.44. The van der Waals surface area contributed by atoms with E-state index in [9.17, 15) is 4.79 Å². The molecule has 0 unspecified atom stereocenters. The molecule has 0 aromatic carbocycles.